The van der Waals surface area contributed by atoms with Gasteiger partial charge >= 0.3 is 0 Å². The molecule has 3 rings (SSSR count). The van der Waals surface area contributed by atoms with E-state index in [1.807, 2.05) is 36.4 Å². The van der Waals surface area contributed by atoms with Gasteiger partial charge in [0.25, 0.3) is 0 Å². The van der Waals surface area contributed by atoms with Crippen LogP contribution in [0, 0.1) is 0 Å². The van der Waals surface area contributed by atoms with Crippen molar-refractivity contribution in [2.45, 2.75) is 26.2 Å². The maximum Gasteiger partial charge on any atom is 0.248 e. The third-order valence-corrected chi connectivity index (χ3v) is 5.42. The highest BCUT2D eigenvalue weighted by Crippen LogP contribution is 2.34. The first-order valence-electron chi connectivity index (χ1n) is 9.11. The van der Waals surface area contributed by atoms with E-state index < -0.39 is 0 Å². The van der Waals surface area contributed by atoms with Crippen molar-refractivity contribution in [3.8, 4) is 11.3 Å². The van der Waals surface area contributed by atoms with Gasteiger partial charge in [-0.1, -0.05) is 55.2 Å². The number of halogens is 2. The lowest BCUT2D eigenvalue weighted by molar-refractivity contribution is -0.111. The summed E-state index contributed by atoms with van der Waals surface area (Å²) in [5, 5.41) is 3.75. The van der Waals surface area contributed by atoms with Crippen LogP contribution in [0.2, 0.25) is 10.0 Å². The smallest absolute Gasteiger partial charge is 0.248 e. The van der Waals surface area contributed by atoms with Crippen LogP contribution in [-0.4, -0.2) is 5.91 Å². The molecule has 1 unspecified atom stereocenters. The van der Waals surface area contributed by atoms with E-state index in [1.54, 1.807) is 24.3 Å². The zero-order chi connectivity index (χ0) is 20.1. The summed E-state index contributed by atoms with van der Waals surface area (Å²) in [7, 11) is 0. The fourth-order valence-electron chi connectivity index (χ4n) is 2.75. The first-order chi connectivity index (χ1) is 13.5. The second-order valence-electron chi connectivity index (χ2n) is 6.56. The van der Waals surface area contributed by atoms with Crippen LogP contribution in [0.25, 0.3) is 17.4 Å². The standard InChI is InChI=1S/C23H21Cl2NO2/c1-3-15(2)16-7-9-17(10-8-16)26-22(27)14-12-18-11-13-21(28-18)19-5-4-6-20(24)23(19)25/h4-15H,3H2,1-2H3,(H,26,27). The summed E-state index contributed by atoms with van der Waals surface area (Å²) in [6, 6.07) is 16.8. The van der Waals surface area contributed by atoms with Gasteiger partial charge in [0.1, 0.15) is 11.5 Å². The van der Waals surface area contributed by atoms with Gasteiger partial charge < -0.3 is 9.73 Å². The molecule has 0 spiro atoms. The maximum absolute atomic E-state index is 12.2. The minimum Gasteiger partial charge on any atom is -0.457 e. The Morgan fingerprint density at radius 3 is 2.57 bits per heavy atom. The number of anilines is 1. The molecule has 3 aromatic rings. The number of hydrogen-bond acceptors (Lipinski definition) is 2. The summed E-state index contributed by atoms with van der Waals surface area (Å²) in [5.74, 6) is 1.42. The zero-order valence-corrected chi connectivity index (χ0v) is 17.2. The molecule has 0 fully saturated rings. The highest BCUT2D eigenvalue weighted by atomic mass is 35.5. The molecule has 144 valence electrons. The van der Waals surface area contributed by atoms with Crippen LogP contribution >= 0.6 is 23.2 Å². The van der Waals surface area contributed by atoms with Gasteiger partial charge in [-0.15, -0.1) is 0 Å². The van der Waals surface area contributed by atoms with E-state index in [9.17, 15) is 4.79 Å². The Kier molecular flexibility index (Phi) is 6.61. The lowest BCUT2D eigenvalue weighted by Crippen LogP contribution is -2.07. The van der Waals surface area contributed by atoms with Crippen LogP contribution in [0.4, 0.5) is 5.69 Å². The van der Waals surface area contributed by atoms with E-state index in [-0.39, 0.29) is 5.91 Å². The Balaban J connectivity index is 1.65. The number of furan rings is 1. The highest BCUT2D eigenvalue weighted by Gasteiger charge is 2.10. The Morgan fingerprint density at radius 1 is 1.11 bits per heavy atom. The first kappa shape index (κ1) is 20.2. The zero-order valence-electron chi connectivity index (χ0n) is 15.7. The van der Waals surface area contributed by atoms with Crippen LogP contribution in [0.3, 0.4) is 0 Å². The van der Waals surface area contributed by atoms with Crippen molar-refractivity contribution in [2.24, 2.45) is 0 Å². The van der Waals surface area contributed by atoms with Crippen molar-refractivity contribution in [2.75, 3.05) is 5.32 Å². The topological polar surface area (TPSA) is 42.2 Å². The Morgan fingerprint density at radius 2 is 1.86 bits per heavy atom. The van der Waals surface area contributed by atoms with Crippen LogP contribution in [0.15, 0.2) is 65.1 Å². The van der Waals surface area contributed by atoms with Crippen molar-refractivity contribution in [3.63, 3.8) is 0 Å². The normalized spacial score (nSPS) is 12.3. The predicted molar refractivity (Wildman–Crippen MR) is 117 cm³/mol. The molecule has 0 aliphatic rings. The molecular formula is C23H21Cl2NO2. The fourth-order valence-corrected chi connectivity index (χ4v) is 3.15. The van der Waals surface area contributed by atoms with E-state index in [0.29, 0.717) is 33.0 Å². The Bertz CT molecular complexity index is 990. The molecule has 0 aliphatic carbocycles. The molecule has 2 aromatic carbocycles. The van der Waals surface area contributed by atoms with E-state index in [0.717, 1.165) is 12.1 Å². The number of carbonyl (C=O) groups is 1. The van der Waals surface area contributed by atoms with E-state index in [2.05, 4.69) is 19.2 Å². The molecule has 28 heavy (non-hydrogen) atoms. The number of rotatable bonds is 6. The second-order valence-corrected chi connectivity index (χ2v) is 7.34. The molecule has 0 bridgehead atoms. The molecule has 0 radical (unpaired) electrons. The molecule has 0 aliphatic heterocycles. The molecule has 0 saturated heterocycles. The summed E-state index contributed by atoms with van der Waals surface area (Å²) in [6.07, 6.45) is 4.13. The molecule has 1 N–H and O–H groups in total. The van der Waals surface area contributed by atoms with Crippen molar-refractivity contribution in [1.29, 1.82) is 0 Å². The van der Waals surface area contributed by atoms with Crippen LogP contribution in [0.1, 0.15) is 37.5 Å². The largest absolute Gasteiger partial charge is 0.457 e. The van der Waals surface area contributed by atoms with Crippen molar-refractivity contribution in [1.82, 2.24) is 0 Å². The number of hydrogen-bond donors (Lipinski definition) is 1. The van der Waals surface area contributed by atoms with Gasteiger partial charge in [-0.3, -0.25) is 4.79 Å². The van der Waals surface area contributed by atoms with Gasteiger partial charge in [-0.2, -0.15) is 0 Å². The molecule has 3 nitrogen and oxygen atoms in total. The van der Waals surface area contributed by atoms with Gasteiger partial charge in [0.15, 0.2) is 0 Å². The van der Waals surface area contributed by atoms with Gasteiger partial charge in [0.2, 0.25) is 5.91 Å². The summed E-state index contributed by atoms with van der Waals surface area (Å²) in [5.41, 5.74) is 2.73. The lowest BCUT2D eigenvalue weighted by atomic mass is 9.99. The molecule has 1 aromatic heterocycles. The van der Waals surface area contributed by atoms with Crippen LogP contribution < -0.4 is 5.32 Å². The molecule has 5 heteroatoms. The molecule has 0 saturated carbocycles. The molecule has 1 amide bonds. The summed E-state index contributed by atoms with van der Waals surface area (Å²) in [4.78, 5) is 12.2. The minimum atomic E-state index is -0.227. The van der Waals surface area contributed by atoms with Gasteiger partial charge in [0.05, 0.1) is 10.0 Å². The quantitative estimate of drug-likeness (QED) is 0.427. The van der Waals surface area contributed by atoms with Crippen LogP contribution in [0.5, 0.6) is 0 Å². The van der Waals surface area contributed by atoms with Crippen molar-refractivity contribution in [3.05, 3.63) is 82.0 Å². The SMILES string of the molecule is CCC(C)c1ccc(NC(=O)C=Cc2ccc(-c3cccc(Cl)c3Cl)o2)cc1. The monoisotopic (exact) mass is 413 g/mol. The lowest BCUT2D eigenvalue weighted by Gasteiger charge is -2.09. The number of nitrogens with one attached hydrogen (secondary N) is 1. The van der Waals surface area contributed by atoms with Gasteiger partial charge in [-0.05, 0) is 60.4 Å². The number of benzene rings is 2. The molecular weight excluding hydrogens is 393 g/mol. The molecule has 1 heterocycles. The number of amides is 1. The maximum atomic E-state index is 12.2. The molecule has 1 atom stereocenters. The summed E-state index contributed by atoms with van der Waals surface area (Å²) < 4.78 is 5.75. The Labute approximate surface area is 175 Å². The summed E-state index contributed by atoms with van der Waals surface area (Å²) >= 11 is 12.3. The van der Waals surface area contributed by atoms with Crippen LogP contribution in [-0.2, 0) is 4.79 Å². The average molecular weight is 414 g/mol. The average Bonchev–Trinajstić information content (AvgIpc) is 3.17. The third-order valence-electron chi connectivity index (χ3n) is 4.60. The van der Waals surface area contributed by atoms with E-state index >= 15 is 0 Å². The summed E-state index contributed by atoms with van der Waals surface area (Å²) in [6.45, 7) is 4.34. The second kappa shape index (κ2) is 9.13. The van der Waals surface area contributed by atoms with E-state index in [1.165, 1.54) is 11.6 Å². The minimum absolute atomic E-state index is 0.227. The number of carbonyl (C=O) groups excluding carboxylic acids is 1. The Hall–Kier alpha value is -2.49. The fraction of sp³-hybridized carbons (Fsp3) is 0.174. The highest BCUT2D eigenvalue weighted by molar-refractivity contribution is 6.43. The van der Waals surface area contributed by atoms with Crippen molar-refractivity contribution >= 4 is 40.9 Å². The predicted octanol–water partition coefficient (Wildman–Crippen LogP) is 7.42. The third kappa shape index (κ3) is 4.86. The first-order valence-corrected chi connectivity index (χ1v) is 9.86. The van der Waals surface area contributed by atoms with E-state index in [4.69, 9.17) is 27.6 Å². The van der Waals surface area contributed by atoms with Gasteiger partial charge in [-0.25, -0.2) is 0 Å². The van der Waals surface area contributed by atoms with Gasteiger partial charge in [0, 0.05) is 17.3 Å². The van der Waals surface area contributed by atoms with Crippen molar-refractivity contribution < 1.29 is 9.21 Å².